The van der Waals surface area contributed by atoms with Crippen LogP contribution in [-0.4, -0.2) is 24.3 Å². The van der Waals surface area contributed by atoms with Gasteiger partial charge in [0.1, 0.15) is 0 Å². The molecule has 0 radical (unpaired) electrons. The van der Waals surface area contributed by atoms with Crippen molar-refractivity contribution in [1.29, 1.82) is 0 Å². The van der Waals surface area contributed by atoms with Gasteiger partial charge in [0.2, 0.25) is 5.78 Å². The number of carbonyl (C=O) groups excluding carboxylic acids is 1. The standard InChI is InChI=1S/C6H5F2NO2S/c1-11-6-9-2-3(12-6)4(10)5(7)8/h2,5H,1H3. The number of halogens is 2. The highest BCUT2D eigenvalue weighted by atomic mass is 32.1. The Morgan fingerprint density at radius 2 is 2.42 bits per heavy atom. The molecule has 0 unspecified atom stereocenters. The van der Waals surface area contributed by atoms with Gasteiger partial charge < -0.3 is 4.74 Å². The van der Waals surface area contributed by atoms with Gasteiger partial charge in [0.05, 0.1) is 18.2 Å². The normalized spacial score (nSPS) is 10.3. The number of ether oxygens (including phenoxy) is 1. The second-order valence-corrected chi connectivity index (χ2v) is 2.85. The summed E-state index contributed by atoms with van der Waals surface area (Å²) in [5.41, 5.74) is 0. The first-order valence-corrected chi connectivity index (χ1v) is 3.79. The fourth-order valence-corrected chi connectivity index (χ4v) is 1.25. The van der Waals surface area contributed by atoms with Crippen molar-refractivity contribution in [3.8, 4) is 5.19 Å². The van der Waals surface area contributed by atoms with Crippen molar-refractivity contribution >= 4 is 17.1 Å². The molecule has 0 aliphatic heterocycles. The Balaban J connectivity index is 2.82. The van der Waals surface area contributed by atoms with E-state index in [2.05, 4.69) is 9.72 Å². The van der Waals surface area contributed by atoms with Crippen LogP contribution < -0.4 is 4.74 Å². The van der Waals surface area contributed by atoms with Gasteiger partial charge in [-0.2, -0.15) is 0 Å². The van der Waals surface area contributed by atoms with Gasteiger partial charge in [0.15, 0.2) is 0 Å². The van der Waals surface area contributed by atoms with E-state index >= 15 is 0 Å². The van der Waals surface area contributed by atoms with Gasteiger partial charge in [-0.05, 0) is 0 Å². The van der Waals surface area contributed by atoms with Crippen molar-refractivity contribution in [3.05, 3.63) is 11.1 Å². The highest BCUT2D eigenvalue weighted by Gasteiger charge is 2.20. The van der Waals surface area contributed by atoms with Crippen LogP contribution in [0.1, 0.15) is 9.67 Å². The van der Waals surface area contributed by atoms with E-state index in [1.165, 1.54) is 7.11 Å². The Hall–Kier alpha value is -1.04. The lowest BCUT2D eigenvalue weighted by Gasteiger charge is -1.91. The third kappa shape index (κ3) is 1.76. The predicted octanol–water partition coefficient (Wildman–Crippen LogP) is 1.60. The lowest BCUT2D eigenvalue weighted by Crippen LogP contribution is -2.07. The summed E-state index contributed by atoms with van der Waals surface area (Å²) in [5, 5.41) is 0.207. The Morgan fingerprint density at radius 3 is 2.83 bits per heavy atom. The SMILES string of the molecule is COc1ncc(C(=O)C(F)F)s1. The van der Waals surface area contributed by atoms with E-state index in [-0.39, 0.29) is 10.1 Å². The number of hydrogen-bond acceptors (Lipinski definition) is 4. The summed E-state index contributed by atoms with van der Waals surface area (Å²) in [6, 6.07) is 0. The lowest BCUT2D eigenvalue weighted by molar-refractivity contribution is 0.0683. The number of thiazole rings is 1. The molecular formula is C6H5F2NO2S. The summed E-state index contributed by atoms with van der Waals surface area (Å²) in [5.74, 6) is -1.21. The maximum absolute atomic E-state index is 11.8. The number of Topliss-reactive ketones (excluding diaryl/α,β-unsaturated/α-hetero) is 1. The van der Waals surface area contributed by atoms with Crippen molar-refractivity contribution in [2.24, 2.45) is 0 Å². The van der Waals surface area contributed by atoms with Crippen LogP contribution in [0, 0.1) is 0 Å². The van der Waals surface area contributed by atoms with Crippen molar-refractivity contribution in [2.75, 3.05) is 7.11 Å². The highest BCUT2D eigenvalue weighted by Crippen LogP contribution is 2.21. The molecule has 1 rings (SSSR count). The van der Waals surface area contributed by atoms with E-state index in [9.17, 15) is 13.6 Å². The van der Waals surface area contributed by atoms with E-state index in [4.69, 9.17) is 0 Å². The van der Waals surface area contributed by atoms with Crippen LogP contribution in [0.25, 0.3) is 0 Å². The third-order valence-electron chi connectivity index (χ3n) is 1.10. The Bertz CT molecular complexity index is 287. The fraction of sp³-hybridized carbons (Fsp3) is 0.333. The van der Waals surface area contributed by atoms with Crippen molar-refractivity contribution < 1.29 is 18.3 Å². The number of ketones is 1. The highest BCUT2D eigenvalue weighted by molar-refractivity contribution is 7.15. The first-order chi connectivity index (χ1) is 5.65. The van der Waals surface area contributed by atoms with Crippen molar-refractivity contribution in [2.45, 2.75) is 6.43 Å². The summed E-state index contributed by atoms with van der Waals surface area (Å²) in [6.07, 6.45) is -1.90. The first kappa shape index (κ1) is 9.05. The van der Waals surface area contributed by atoms with E-state index in [0.717, 1.165) is 17.5 Å². The van der Waals surface area contributed by atoms with E-state index in [0.29, 0.717) is 0 Å². The Morgan fingerprint density at radius 1 is 1.75 bits per heavy atom. The molecule has 0 bridgehead atoms. The van der Waals surface area contributed by atoms with Crippen molar-refractivity contribution in [1.82, 2.24) is 4.98 Å². The minimum Gasteiger partial charge on any atom is -0.473 e. The number of alkyl halides is 2. The second-order valence-electron chi connectivity index (χ2n) is 1.86. The number of hydrogen-bond donors (Lipinski definition) is 0. The molecule has 0 aliphatic rings. The molecule has 66 valence electrons. The average Bonchev–Trinajstić information content (AvgIpc) is 2.50. The minimum atomic E-state index is -2.98. The molecule has 6 heteroatoms. The molecule has 1 aromatic rings. The molecule has 0 aromatic carbocycles. The zero-order chi connectivity index (χ0) is 9.14. The number of carbonyl (C=O) groups is 1. The molecule has 0 saturated carbocycles. The van der Waals surface area contributed by atoms with Gasteiger partial charge in [0, 0.05) is 0 Å². The summed E-state index contributed by atoms with van der Waals surface area (Å²) in [4.78, 5) is 14.1. The zero-order valence-corrected chi connectivity index (χ0v) is 6.90. The maximum Gasteiger partial charge on any atom is 0.301 e. The van der Waals surface area contributed by atoms with E-state index < -0.39 is 12.2 Å². The summed E-state index contributed by atoms with van der Waals surface area (Å²) >= 11 is 0.806. The smallest absolute Gasteiger partial charge is 0.301 e. The minimum absolute atomic E-state index is 0.0816. The monoisotopic (exact) mass is 193 g/mol. The lowest BCUT2D eigenvalue weighted by atomic mass is 10.4. The zero-order valence-electron chi connectivity index (χ0n) is 6.08. The first-order valence-electron chi connectivity index (χ1n) is 2.97. The maximum atomic E-state index is 11.8. The van der Waals surface area contributed by atoms with Gasteiger partial charge in [-0.1, -0.05) is 11.3 Å². The molecular weight excluding hydrogens is 188 g/mol. The molecule has 0 aliphatic carbocycles. The molecule has 0 fully saturated rings. The number of methoxy groups -OCH3 is 1. The van der Waals surface area contributed by atoms with Crippen molar-refractivity contribution in [3.63, 3.8) is 0 Å². The molecule has 1 heterocycles. The topological polar surface area (TPSA) is 39.2 Å². The fourth-order valence-electron chi connectivity index (χ4n) is 0.574. The molecule has 1 aromatic heterocycles. The van der Waals surface area contributed by atoms with Gasteiger partial charge in [-0.15, -0.1) is 0 Å². The van der Waals surface area contributed by atoms with Crippen LogP contribution in [0.15, 0.2) is 6.20 Å². The van der Waals surface area contributed by atoms with Gasteiger partial charge in [-0.25, -0.2) is 13.8 Å². The van der Waals surface area contributed by atoms with Gasteiger partial charge in [0.25, 0.3) is 5.19 Å². The molecule has 3 nitrogen and oxygen atoms in total. The van der Waals surface area contributed by atoms with Crippen LogP contribution >= 0.6 is 11.3 Å². The van der Waals surface area contributed by atoms with E-state index in [1.807, 2.05) is 0 Å². The average molecular weight is 193 g/mol. The quantitative estimate of drug-likeness (QED) is 0.684. The summed E-state index contributed by atoms with van der Waals surface area (Å²) in [7, 11) is 1.36. The number of nitrogens with zero attached hydrogens (tertiary/aromatic N) is 1. The number of aromatic nitrogens is 1. The molecule has 12 heavy (non-hydrogen) atoms. The predicted molar refractivity (Wildman–Crippen MR) is 39.0 cm³/mol. The van der Waals surface area contributed by atoms with Gasteiger partial charge >= 0.3 is 6.43 Å². The molecule has 0 atom stereocenters. The summed E-state index contributed by atoms with van der Waals surface area (Å²) in [6.45, 7) is 0. The molecule has 0 saturated heterocycles. The third-order valence-corrected chi connectivity index (χ3v) is 2.07. The number of rotatable bonds is 3. The van der Waals surface area contributed by atoms with Crippen LogP contribution in [-0.2, 0) is 0 Å². The Kier molecular flexibility index (Phi) is 2.69. The summed E-state index contributed by atoms with van der Waals surface area (Å²) < 4.78 is 28.3. The van der Waals surface area contributed by atoms with Crippen LogP contribution in [0.2, 0.25) is 0 Å². The van der Waals surface area contributed by atoms with Crippen LogP contribution in [0.5, 0.6) is 5.19 Å². The van der Waals surface area contributed by atoms with Gasteiger partial charge in [-0.3, -0.25) is 4.79 Å². The van der Waals surface area contributed by atoms with Crippen LogP contribution in [0.3, 0.4) is 0 Å². The van der Waals surface area contributed by atoms with Crippen LogP contribution in [0.4, 0.5) is 8.78 Å². The molecule has 0 N–H and O–H groups in total. The molecule has 0 spiro atoms. The molecule has 0 amide bonds. The van der Waals surface area contributed by atoms with E-state index in [1.54, 1.807) is 0 Å². The second kappa shape index (κ2) is 3.57. The largest absolute Gasteiger partial charge is 0.473 e. The Labute approximate surface area is 71.0 Å².